The number of hydrogen-bond acceptors (Lipinski definition) is 3. The molecule has 128 valence electrons. The Morgan fingerprint density at radius 3 is 2.75 bits per heavy atom. The van der Waals surface area contributed by atoms with Gasteiger partial charge in [-0.3, -0.25) is 5.32 Å². The van der Waals surface area contributed by atoms with E-state index in [2.05, 4.69) is 72.2 Å². The van der Waals surface area contributed by atoms with Crippen molar-refractivity contribution in [1.29, 1.82) is 0 Å². The third-order valence-corrected chi connectivity index (χ3v) is 4.88. The van der Waals surface area contributed by atoms with E-state index in [1.807, 2.05) is 0 Å². The predicted octanol–water partition coefficient (Wildman–Crippen LogP) is 3.98. The van der Waals surface area contributed by atoms with E-state index in [0.29, 0.717) is 12.1 Å². The first kappa shape index (κ1) is 17.2. The molecule has 0 amide bonds. The highest BCUT2D eigenvalue weighted by molar-refractivity contribution is 5.26. The lowest BCUT2D eigenvalue weighted by Crippen LogP contribution is -2.47. The number of ether oxygens (including phenoxy) is 1. The minimum Gasteiger partial charge on any atom is -0.362 e. The maximum Gasteiger partial charge on any atom is 0.134 e. The number of hydrogen-bond donors (Lipinski definition) is 2. The first-order valence-corrected chi connectivity index (χ1v) is 8.98. The van der Waals surface area contributed by atoms with Crippen LogP contribution in [0.2, 0.25) is 0 Å². The van der Waals surface area contributed by atoms with E-state index in [1.165, 1.54) is 23.1 Å². The molecule has 1 fully saturated rings. The minimum atomic E-state index is -0.0763. The number of piperidine rings is 1. The summed E-state index contributed by atoms with van der Waals surface area (Å²) >= 11 is 0. The molecule has 3 nitrogen and oxygen atoms in total. The highest BCUT2D eigenvalue weighted by Crippen LogP contribution is 2.26. The molecule has 0 aromatic heterocycles. The van der Waals surface area contributed by atoms with E-state index in [4.69, 9.17) is 4.74 Å². The summed E-state index contributed by atoms with van der Waals surface area (Å²) in [6.45, 7) is 3.26. The highest BCUT2D eigenvalue weighted by atomic mass is 16.5. The van der Waals surface area contributed by atoms with Crippen molar-refractivity contribution in [2.75, 3.05) is 13.7 Å². The largest absolute Gasteiger partial charge is 0.362 e. The monoisotopic (exact) mass is 324 g/mol. The lowest BCUT2D eigenvalue weighted by Gasteiger charge is -2.36. The molecule has 1 aliphatic rings. The Morgan fingerprint density at radius 1 is 1.17 bits per heavy atom. The van der Waals surface area contributed by atoms with E-state index in [-0.39, 0.29) is 6.23 Å². The van der Waals surface area contributed by atoms with Gasteiger partial charge in [-0.05, 0) is 42.5 Å². The smallest absolute Gasteiger partial charge is 0.134 e. The fraction of sp³-hybridized carbons (Fsp3) is 0.429. The van der Waals surface area contributed by atoms with Gasteiger partial charge in [0.2, 0.25) is 0 Å². The number of methoxy groups -OCH3 is 1. The van der Waals surface area contributed by atoms with Crippen LogP contribution in [0.25, 0.3) is 0 Å². The van der Waals surface area contributed by atoms with Crippen molar-refractivity contribution >= 4 is 0 Å². The van der Waals surface area contributed by atoms with Gasteiger partial charge in [0.25, 0.3) is 0 Å². The number of benzene rings is 2. The summed E-state index contributed by atoms with van der Waals surface area (Å²) in [7, 11) is 1.78. The van der Waals surface area contributed by atoms with E-state index in [9.17, 15) is 0 Å². The van der Waals surface area contributed by atoms with Crippen LogP contribution < -0.4 is 10.6 Å². The highest BCUT2D eigenvalue weighted by Gasteiger charge is 2.28. The molecule has 1 heterocycles. The molecule has 1 aliphatic heterocycles. The number of aryl methyl sites for hydroxylation is 1. The molecule has 2 N–H and O–H groups in total. The summed E-state index contributed by atoms with van der Waals surface area (Å²) in [5, 5.41) is 7.41. The summed E-state index contributed by atoms with van der Waals surface area (Å²) in [6.07, 6.45) is 3.31. The van der Waals surface area contributed by atoms with Gasteiger partial charge in [-0.2, -0.15) is 0 Å². The summed E-state index contributed by atoms with van der Waals surface area (Å²) < 4.78 is 5.78. The third-order valence-electron chi connectivity index (χ3n) is 4.88. The Balaban J connectivity index is 1.77. The molecule has 2 aromatic rings. The molecule has 1 saturated heterocycles. The molecular weight excluding hydrogens is 296 g/mol. The average Bonchev–Trinajstić information content (AvgIpc) is 2.67. The van der Waals surface area contributed by atoms with Gasteiger partial charge < -0.3 is 10.1 Å². The van der Waals surface area contributed by atoms with Gasteiger partial charge in [0, 0.05) is 19.2 Å². The van der Waals surface area contributed by atoms with E-state index in [1.54, 1.807) is 7.11 Å². The van der Waals surface area contributed by atoms with Crippen LogP contribution in [0.15, 0.2) is 54.6 Å². The van der Waals surface area contributed by atoms with Crippen molar-refractivity contribution in [2.45, 2.75) is 44.5 Å². The Morgan fingerprint density at radius 2 is 2.00 bits per heavy atom. The van der Waals surface area contributed by atoms with Crippen LogP contribution in [0.4, 0.5) is 0 Å². The molecule has 0 aliphatic carbocycles. The van der Waals surface area contributed by atoms with Crippen molar-refractivity contribution in [3.8, 4) is 0 Å². The maximum absolute atomic E-state index is 5.78. The second-order valence-electron chi connectivity index (χ2n) is 6.47. The third kappa shape index (κ3) is 4.04. The molecule has 0 bridgehead atoms. The summed E-state index contributed by atoms with van der Waals surface area (Å²) in [5.74, 6) is 0. The first-order valence-electron chi connectivity index (χ1n) is 8.98. The lowest BCUT2D eigenvalue weighted by molar-refractivity contribution is 0.0521. The second kappa shape index (κ2) is 8.43. The standard InChI is InChI=1S/C21H28N2O/c1-3-16-9-7-12-18(15-16)21(24-2)23-19-13-8-14-22-20(19)17-10-5-4-6-11-17/h4-7,9-12,15,19-23H,3,8,13-14H2,1-2H3/t19-,20-,21?/m0/s1. The quantitative estimate of drug-likeness (QED) is 0.789. The average molecular weight is 324 g/mol. The van der Waals surface area contributed by atoms with Crippen molar-refractivity contribution < 1.29 is 4.74 Å². The zero-order chi connectivity index (χ0) is 16.8. The molecule has 1 unspecified atom stereocenters. The number of nitrogens with one attached hydrogen (secondary N) is 2. The molecule has 3 rings (SSSR count). The molecule has 3 heteroatoms. The number of rotatable bonds is 6. The van der Waals surface area contributed by atoms with Crippen LogP contribution in [0.3, 0.4) is 0 Å². The Bertz CT molecular complexity index is 629. The fourth-order valence-electron chi connectivity index (χ4n) is 3.55. The molecule has 0 saturated carbocycles. The SMILES string of the molecule is CCc1cccc(C(N[C@H]2CCCN[C@H]2c2ccccc2)OC)c1. The molecule has 0 radical (unpaired) electrons. The van der Waals surface area contributed by atoms with Crippen LogP contribution >= 0.6 is 0 Å². The van der Waals surface area contributed by atoms with E-state index < -0.39 is 0 Å². The topological polar surface area (TPSA) is 33.3 Å². The van der Waals surface area contributed by atoms with Gasteiger partial charge in [0.15, 0.2) is 0 Å². The van der Waals surface area contributed by atoms with Gasteiger partial charge in [-0.15, -0.1) is 0 Å². The van der Waals surface area contributed by atoms with Crippen molar-refractivity contribution in [1.82, 2.24) is 10.6 Å². The van der Waals surface area contributed by atoms with Gasteiger partial charge in [0.05, 0.1) is 0 Å². The van der Waals surface area contributed by atoms with Gasteiger partial charge in [-0.1, -0.05) is 61.5 Å². The van der Waals surface area contributed by atoms with Crippen LogP contribution in [0.5, 0.6) is 0 Å². The molecule has 24 heavy (non-hydrogen) atoms. The lowest BCUT2D eigenvalue weighted by atomic mass is 9.92. The van der Waals surface area contributed by atoms with Crippen LogP contribution in [-0.2, 0) is 11.2 Å². The minimum absolute atomic E-state index is 0.0763. The van der Waals surface area contributed by atoms with Crippen molar-refractivity contribution in [2.24, 2.45) is 0 Å². The Kier molecular flexibility index (Phi) is 6.02. The van der Waals surface area contributed by atoms with Gasteiger partial charge >= 0.3 is 0 Å². The molecule has 0 spiro atoms. The summed E-state index contributed by atoms with van der Waals surface area (Å²) in [6, 6.07) is 20.1. The Hall–Kier alpha value is -1.68. The first-order chi connectivity index (χ1) is 11.8. The fourth-order valence-corrected chi connectivity index (χ4v) is 3.55. The maximum atomic E-state index is 5.78. The zero-order valence-electron chi connectivity index (χ0n) is 14.7. The van der Waals surface area contributed by atoms with Crippen molar-refractivity contribution in [3.63, 3.8) is 0 Å². The van der Waals surface area contributed by atoms with E-state index >= 15 is 0 Å². The van der Waals surface area contributed by atoms with Crippen LogP contribution in [0, 0.1) is 0 Å². The summed E-state index contributed by atoms with van der Waals surface area (Å²) in [5.41, 5.74) is 3.89. The van der Waals surface area contributed by atoms with Crippen LogP contribution in [-0.4, -0.2) is 19.7 Å². The molecule has 3 atom stereocenters. The predicted molar refractivity (Wildman–Crippen MR) is 98.9 cm³/mol. The van der Waals surface area contributed by atoms with Gasteiger partial charge in [-0.25, -0.2) is 0 Å². The molecule has 2 aromatic carbocycles. The normalized spacial score (nSPS) is 22.2. The summed E-state index contributed by atoms with van der Waals surface area (Å²) in [4.78, 5) is 0. The molecular formula is C21H28N2O. The van der Waals surface area contributed by atoms with E-state index in [0.717, 1.165) is 19.4 Å². The zero-order valence-corrected chi connectivity index (χ0v) is 14.7. The van der Waals surface area contributed by atoms with Gasteiger partial charge in [0.1, 0.15) is 6.23 Å². The van der Waals surface area contributed by atoms with Crippen LogP contribution in [0.1, 0.15) is 48.7 Å². The Labute approximate surface area is 145 Å². The van der Waals surface area contributed by atoms with Crippen molar-refractivity contribution in [3.05, 3.63) is 71.3 Å². The second-order valence-corrected chi connectivity index (χ2v) is 6.47.